The molecule has 31 heavy (non-hydrogen) atoms. The van der Waals surface area contributed by atoms with Crippen molar-refractivity contribution >= 4 is 29.0 Å². The first-order chi connectivity index (χ1) is 15.0. The van der Waals surface area contributed by atoms with Crippen LogP contribution in [0.3, 0.4) is 0 Å². The summed E-state index contributed by atoms with van der Waals surface area (Å²) >= 11 is 0. The van der Waals surface area contributed by atoms with E-state index >= 15 is 0 Å². The maximum atomic E-state index is 13.0. The van der Waals surface area contributed by atoms with Gasteiger partial charge in [-0.05, 0) is 55.7 Å². The second kappa shape index (κ2) is 7.16. The van der Waals surface area contributed by atoms with Crippen LogP contribution in [0.1, 0.15) is 51.0 Å². The molecule has 2 aromatic rings. The molecular weight excluding hydrogens is 390 g/mol. The summed E-state index contributed by atoms with van der Waals surface area (Å²) in [6.45, 7) is 2.45. The molecule has 3 fully saturated rings. The summed E-state index contributed by atoms with van der Waals surface area (Å²) in [6, 6.07) is 9.76. The van der Waals surface area contributed by atoms with Crippen LogP contribution < -0.4 is 10.2 Å². The average Bonchev–Trinajstić information content (AvgIpc) is 3.72. The van der Waals surface area contributed by atoms with Crippen LogP contribution in [0.2, 0.25) is 0 Å². The molecule has 1 atom stereocenters. The van der Waals surface area contributed by atoms with Crippen molar-refractivity contribution in [3.8, 4) is 6.07 Å². The molecule has 3 heterocycles. The first-order valence-corrected chi connectivity index (χ1v) is 11.0. The molecule has 0 spiro atoms. The third kappa shape index (κ3) is 3.18. The van der Waals surface area contributed by atoms with Gasteiger partial charge in [0.2, 0.25) is 5.91 Å². The van der Waals surface area contributed by atoms with Crippen molar-refractivity contribution in [1.29, 1.82) is 5.26 Å². The summed E-state index contributed by atoms with van der Waals surface area (Å²) in [4.78, 5) is 35.9. The lowest BCUT2D eigenvalue weighted by Gasteiger charge is -2.21. The zero-order chi connectivity index (χ0) is 21.6. The van der Waals surface area contributed by atoms with Gasteiger partial charge in [-0.1, -0.05) is 13.0 Å². The van der Waals surface area contributed by atoms with E-state index in [-0.39, 0.29) is 23.0 Å². The molecule has 0 radical (unpaired) electrons. The molecule has 2 saturated carbocycles. The van der Waals surface area contributed by atoms with E-state index in [1.165, 1.54) is 0 Å². The van der Waals surface area contributed by atoms with Crippen LogP contribution in [-0.4, -0.2) is 28.2 Å². The normalized spacial score (nSPS) is 24.0. The number of hydrogen-bond acceptors (Lipinski definition) is 6. The molecule has 2 aliphatic carbocycles. The van der Waals surface area contributed by atoms with Gasteiger partial charge in [-0.2, -0.15) is 5.26 Å². The second-order valence-corrected chi connectivity index (χ2v) is 8.88. The van der Waals surface area contributed by atoms with E-state index in [9.17, 15) is 14.9 Å². The molecule has 0 aromatic carbocycles. The maximum Gasteiger partial charge on any atom is 0.247 e. The number of Topliss-reactive ketones (excluding diaryl/α,β-unsaturated/α-hetero) is 1. The number of nitrogens with one attached hydrogen (secondary N) is 1. The minimum absolute atomic E-state index is 0.0903. The van der Waals surface area contributed by atoms with Crippen molar-refractivity contribution in [3.63, 3.8) is 0 Å². The Hall–Kier alpha value is -3.27. The van der Waals surface area contributed by atoms with Crippen molar-refractivity contribution in [2.75, 3.05) is 16.8 Å². The van der Waals surface area contributed by atoms with E-state index < -0.39 is 5.41 Å². The summed E-state index contributed by atoms with van der Waals surface area (Å²) in [5.74, 6) is 1.60. The lowest BCUT2D eigenvalue weighted by Crippen LogP contribution is -2.35. The molecule has 7 nitrogen and oxygen atoms in total. The largest absolute Gasteiger partial charge is 0.325 e. The number of anilines is 3. The number of ketones is 1. The van der Waals surface area contributed by atoms with Gasteiger partial charge in [0.25, 0.3) is 0 Å². The minimum Gasteiger partial charge on any atom is -0.325 e. The van der Waals surface area contributed by atoms with E-state index in [1.54, 1.807) is 23.4 Å². The maximum absolute atomic E-state index is 13.0. The lowest BCUT2D eigenvalue weighted by molar-refractivity contribution is -0.124. The van der Waals surface area contributed by atoms with Crippen molar-refractivity contribution in [2.45, 2.75) is 50.9 Å². The SMILES string of the molecule is CCC(=O)C1(c2ccc(Nc3cc(N4CC[C@@](C#N)(C5CC5)C4=O)ccn3)nc2)CC1. The van der Waals surface area contributed by atoms with Crippen molar-refractivity contribution in [3.05, 3.63) is 42.2 Å². The lowest BCUT2D eigenvalue weighted by atomic mass is 9.83. The van der Waals surface area contributed by atoms with Crippen LogP contribution in [0.25, 0.3) is 0 Å². The Morgan fingerprint density at radius 3 is 2.65 bits per heavy atom. The van der Waals surface area contributed by atoms with Gasteiger partial charge in [0.1, 0.15) is 22.8 Å². The standard InChI is InChI=1S/C24H25N5O2/c1-2-19(30)23(8-9-23)17-5-6-20(27-14-17)28-21-13-18(7-11-26-21)29-12-10-24(15-25,22(29)31)16-3-4-16/h5-7,11,13-14,16H,2-4,8-10,12H2,1H3,(H,26,27,28)/t24-/m1/s1. The summed E-state index contributed by atoms with van der Waals surface area (Å²) in [7, 11) is 0. The molecular formula is C24H25N5O2. The zero-order valence-electron chi connectivity index (χ0n) is 17.6. The number of nitriles is 1. The van der Waals surface area contributed by atoms with E-state index in [0.29, 0.717) is 31.0 Å². The highest BCUT2D eigenvalue weighted by Gasteiger charge is 2.56. The highest BCUT2D eigenvalue weighted by Crippen LogP contribution is 2.52. The molecule has 2 aromatic heterocycles. The van der Waals surface area contributed by atoms with Gasteiger partial charge in [0, 0.05) is 37.1 Å². The highest BCUT2D eigenvalue weighted by molar-refractivity contribution is 6.02. The Morgan fingerprint density at radius 2 is 2.03 bits per heavy atom. The Labute approximate surface area is 181 Å². The summed E-state index contributed by atoms with van der Waals surface area (Å²) in [5, 5.41) is 12.9. The van der Waals surface area contributed by atoms with Crippen LogP contribution in [-0.2, 0) is 15.0 Å². The summed E-state index contributed by atoms with van der Waals surface area (Å²) in [6.07, 6.45) is 8.26. The first-order valence-electron chi connectivity index (χ1n) is 11.0. The number of rotatable bonds is 7. The van der Waals surface area contributed by atoms with Crippen LogP contribution in [0.5, 0.6) is 0 Å². The van der Waals surface area contributed by atoms with Gasteiger partial charge < -0.3 is 10.2 Å². The van der Waals surface area contributed by atoms with E-state index in [2.05, 4.69) is 21.4 Å². The number of aromatic nitrogens is 2. The Morgan fingerprint density at radius 1 is 1.23 bits per heavy atom. The van der Waals surface area contributed by atoms with Crippen LogP contribution in [0.15, 0.2) is 36.7 Å². The Kier molecular flexibility index (Phi) is 4.54. The fourth-order valence-corrected chi connectivity index (χ4v) is 4.86. The topological polar surface area (TPSA) is 99.0 Å². The molecule has 1 N–H and O–H groups in total. The zero-order valence-corrected chi connectivity index (χ0v) is 17.6. The van der Waals surface area contributed by atoms with Gasteiger partial charge in [-0.25, -0.2) is 9.97 Å². The fraction of sp³-hybridized carbons (Fsp3) is 0.458. The van der Waals surface area contributed by atoms with Gasteiger partial charge in [-0.3, -0.25) is 9.59 Å². The second-order valence-electron chi connectivity index (χ2n) is 8.88. The van der Waals surface area contributed by atoms with Gasteiger partial charge in [0.05, 0.1) is 11.5 Å². The minimum atomic E-state index is -0.858. The van der Waals surface area contributed by atoms with Crippen molar-refractivity contribution < 1.29 is 9.59 Å². The molecule has 0 unspecified atom stereocenters. The monoisotopic (exact) mass is 415 g/mol. The third-order valence-corrected chi connectivity index (χ3v) is 7.06. The van der Waals surface area contributed by atoms with Gasteiger partial charge in [-0.15, -0.1) is 0 Å². The number of nitrogens with zero attached hydrogens (tertiary/aromatic N) is 4. The van der Waals surface area contributed by atoms with Crippen LogP contribution >= 0.6 is 0 Å². The summed E-state index contributed by atoms with van der Waals surface area (Å²) in [5.41, 5.74) is 0.524. The predicted octanol–water partition coefficient (Wildman–Crippen LogP) is 3.89. The van der Waals surface area contributed by atoms with Crippen molar-refractivity contribution in [2.24, 2.45) is 11.3 Å². The quantitative estimate of drug-likeness (QED) is 0.737. The van der Waals surface area contributed by atoms with E-state index in [4.69, 9.17) is 0 Å². The van der Waals surface area contributed by atoms with Gasteiger partial charge >= 0.3 is 0 Å². The third-order valence-electron chi connectivity index (χ3n) is 7.06. The number of carbonyl (C=O) groups is 2. The molecule has 1 saturated heterocycles. The molecule has 1 aliphatic heterocycles. The fourth-order valence-electron chi connectivity index (χ4n) is 4.86. The van der Waals surface area contributed by atoms with E-state index in [1.807, 2.05) is 25.1 Å². The molecule has 5 rings (SSSR count). The van der Waals surface area contributed by atoms with Crippen molar-refractivity contribution in [1.82, 2.24) is 9.97 Å². The van der Waals surface area contributed by atoms with E-state index in [0.717, 1.165) is 36.9 Å². The predicted molar refractivity (Wildman–Crippen MR) is 116 cm³/mol. The summed E-state index contributed by atoms with van der Waals surface area (Å²) < 4.78 is 0. The van der Waals surface area contributed by atoms with Crippen LogP contribution in [0, 0.1) is 22.7 Å². The molecule has 158 valence electrons. The number of hydrogen-bond donors (Lipinski definition) is 1. The number of carbonyl (C=O) groups excluding carboxylic acids is 2. The molecule has 3 aliphatic rings. The Bertz CT molecular complexity index is 1080. The Balaban J connectivity index is 1.32. The smallest absolute Gasteiger partial charge is 0.247 e. The first kappa shape index (κ1) is 19.7. The number of amides is 1. The molecule has 0 bridgehead atoms. The highest BCUT2D eigenvalue weighted by atomic mass is 16.2. The average molecular weight is 415 g/mol. The van der Waals surface area contributed by atoms with Crippen LogP contribution in [0.4, 0.5) is 17.3 Å². The number of pyridine rings is 2. The molecule has 1 amide bonds. The van der Waals surface area contributed by atoms with Gasteiger partial charge in [0.15, 0.2) is 0 Å². The molecule has 7 heteroatoms.